The number of halogens is 1. The van der Waals surface area contributed by atoms with E-state index in [0.29, 0.717) is 16.4 Å². The van der Waals surface area contributed by atoms with Gasteiger partial charge in [0.05, 0.1) is 0 Å². The Morgan fingerprint density at radius 1 is 1.60 bits per heavy atom. The van der Waals surface area contributed by atoms with Gasteiger partial charge < -0.3 is 15.0 Å². The molecular weight excluding hydrogens is 278 g/mol. The third-order valence-corrected chi connectivity index (χ3v) is 3.63. The highest BCUT2D eigenvalue weighted by molar-refractivity contribution is 6.31. The fourth-order valence-corrected chi connectivity index (χ4v) is 2.26. The molecule has 5 nitrogen and oxygen atoms in total. The van der Waals surface area contributed by atoms with Crippen LogP contribution < -0.4 is 0 Å². The van der Waals surface area contributed by atoms with Crippen molar-refractivity contribution >= 4 is 23.1 Å². The molecule has 1 saturated heterocycles. The van der Waals surface area contributed by atoms with Crippen LogP contribution in [-0.4, -0.2) is 45.6 Å². The number of carboxylic acid groups (broad SMARTS) is 1. The number of aromatic nitrogens is 2. The van der Waals surface area contributed by atoms with E-state index < -0.39 is 5.97 Å². The number of H-pyrrole nitrogens is 1. The van der Waals surface area contributed by atoms with E-state index in [1.807, 2.05) is 0 Å². The number of likely N-dealkylation sites (tertiary alicyclic amines) is 1. The van der Waals surface area contributed by atoms with Crippen LogP contribution in [0.3, 0.4) is 0 Å². The molecule has 20 heavy (non-hydrogen) atoms. The molecule has 1 aromatic rings. The fraction of sp³-hybridized carbons (Fsp3) is 0.429. The van der Waals surface area contributed by atoms with Crippen LogP contribution in [0.4, 0.5) is 0 Å². The summed E-state index contributed by atoms with van der Waals surface area (Å²) in [4.78, 5) is 20.6. The molecule has 1 aliphatic heterocycles. The van der Waals surface area contributed by atoms with Crippen LogP contribution in [-0.2, 0) is 11.2 Å². The van der Waals surface area contributed by atoms with Crippen molar-refractivity contribution in [3.8, 4) is 0 Å². The maximum atomic E-state index is 10.8. The topological polar surface area (TPSA) is 69.2 Å². The van der Waals surface area contributed by atoms with E-state index in [-0.39, 0.29) is 5.57 Å². The monoisotopic (exact) mass is 295 g/mol. The van der Waals surface area contributed by atoms with Crippen molar-refractivity contribution in [2.75, 3.05) is 19.6 Å². The van der Waals surface area contributed by atoms with Crippen molar-refractivity contribution in [2.24, 2.45) is 0 Å². The summed E-state index contributed by atoms with van der Waals surface area (Å²) in [5, 5.41) is 9.26. The van der Waals surface area contributed by atoms with Crippen LogP contribution in [0.5, 0.6) is 0 Å². The molecule has 0 amide bonds. The molecule has 0 atom stereocenters. The van der Waals surface area contributed by atoms with Crippen molar-refractivity contribution < 1.29 is 9.90 Å². The molecule has 0 aromatic carbocycles. The maximum absolute atomic E-state index is 10.8. The van der Waals surface area contributed by atoms with Crippen LogP contribution in [0.25, 0.3) is 5.57 Å². The molecule has 0 unspecified atom stereocenters. The smallest absolute Gasteiger partial charge is 0.331 e. The number of carboxylic acids is 1. The number of hydrogen-bond donors (Lipinski definition) is 2. The molecule has 6 heteroatoms. The van der Waals surface area contributed by atoms with Gasteiger partial charge in [-0.05, 0) is 38.1 Å². The van der Waals surface area contributed by atoms with E-state index in [2.05, 4.69) is 21.4 Å². The first-order chi connectivity index (χ1) is 9.47. The molecule has 0 aliphatic carbocycles. The first-order valence-corrected chi connectivity index (χ1v) is 6.93. The average molecular weight is 296 g/mol. The van der Waals surface area contributed by atoms with E-state index in [4.69, 9.17) is 16.7 Å². The van der Waals surface area contributed by atoms with Crippen molar-refractivity contribution in [1.82, 2.24) is 14.9 Å². The van der Waals surface area contributed by atoms with Crippen molar-refractivity contribution in [3.05, 3.63) is 34.9 Å². The Morgan fingerprint density at radius 2 is 2.30 bits per heavy atom. The van der Waals surface area contributed by atoms with Crippen LogP contribution in [0.15, 0.2) is 18.2 Å². The van der Waals surface area contributed by atoms with Gasteiger partial charge >= 0.3 is 5.97 Å². The Balaban J connectivity index is 2.04. The largest absolute Gasteiger partial charge is 0.478 e. The van der Waals surface area contributed by atoms with Crippen molar-refractivity contribution in [3.63, 3.8) is 0 Å². The minimum Gasteiger partial charge on any atom is -0.478 e. The Bertz CT molecular complexity index is 559. The number of nitrogens with zero attached hydrogens (tertiary/aromatic N) is 2. The number of hydrogen-bond acceptors (Lipinski definition) is 3. The number of rotatable bonds is 6. The molecule has 2 N–H and O–H groups in total. The number of nitrogens with one attached hydrogen (secondary N) is 1. The third-order valence-electron chi connectivity index (χ3n) is 3.35. The van der Waals surface area contributed by atoms with Gasteiger partial charge in [-0.1, -0.05) is 18.2 Å². The lowest BCUT2D eigenvalue weighted by Crippen LogP contribution is -2.38. The Kier molecular flexibility index (Phi) is 4.62. The quantitative estimate of drug-likeness (QED) is 0.624. The van der Waals surface area contributed by atoms with Crippen LogP contribution in [0, 0.1) is 0 Å². The van der Waals surface area contributed by atoms with Gasteiger partial charge in [-0.3, -0.25) is 0 Å². The molecule has 2 rings (SSSR count). The van der Waals surface area contributed by atoms with E-state index in [1.165, 1.54) is 19.4 Å². The highest BCUT2D eigenvalue weighted by atomic mass is 35.5. The zero-order chi connectivity index (χ0) is 14.7. The number of carbonyl (C=O) groups is 1. The molecule has 0 bridgehead atoms. The lowest BCUT2D eigenvalue weighted by Gasteiger charge is -2.30. The van der Waals surface area contributed by atoms with Crippen molar-refractivity contribution in [1.29, 1.82) is 0 Å². The predicted octanol–water partition coefficient (Wildman–Crippen LogP) is 2.36. The fourth-order valence-electron chi connectivity index (χ4n) is 1.99. The average Bonchev–Trinajstić information content (AvgIpc) is 2.68. The van der Waals surface area contributed by atoms with E-state index >= 15 is 0 Å². The molecule has 0 spiro atoms. The second-order valence-corrected chi connectivity index (χ2v) is 5.33. The zero-order valence-electron chi connectivity index (χ0n) is 11.4. The van der Waals surface area contributed by atoms with E-state index in [0.717, 1.165) is 31.9 Å². The van der Waals surface area contributed by atoms with Gasteiger partial charge in [-0.2, -0.15) is 0 Å². The van der Waals surface area contributed by atoms with Gasteiger partial charge in [0, 0.05) is 18.5 Å². The van der Waals surface area contributed by atoms with Gasteiger partial charge in [0.2, 0.25) is 0 Å². The maximum Gasteiger partial charge on any atom is 0.331 e. The van der Waals surface area contributed by atoms with E-state index in [9.17, 15) is 4.79 Å². The van der Waals surface area contributed by atoms with Gasteiger partial charge in [-0.15, -0.1) is 0 Å². The highest BCUT2D eigenvalue weighted by Crippen LogP contribution is 2.22. The molecule has 0 radical (unpaired) electrons. The van der Waals surface area contributed by atoms with E-state index in [1.54, 1.807) is 0 Å². The number of imidazole rings is 1. The molecule has 0 saturated carbocycles. The summed E-state index contributed by atoms with van der Waals surface area (Å²) in [5.41, 5.74) is 1.23. The van der Waals surface area contributed by atoms with Crippen LogP contribution in [0.2, 0.25) is 5.15 Å². The molecule has 1 aromatic heterocycles. The summed E-state index contributed by atoms with van der Waals surface area (Å²) in [6, 6.07) is 0. The SMILES string of the molecule is C=C(C=C(C)C(=O)O)c1nc(CCN2CCC2)[nH]c1Cl. The first-order valence-electron chi connectivity index (χ1n) is 6.55. The van der Waals surface area contributed by atoms with Gasteiger partial charge in [-0.25, -0.2) is 9.78 Å². The van der Waals surface area contributed by atoms with Crippen molar-refractivity contribution in [2.45, 2.75) is 19.8 Å². The first kappa shape index (κ1) is 14.8. The predicted molar refractivity (Wildman–Crippen MR) is 78.8 cm³/mol. The summed E-state index contributed by atoms with van der Waals surface area (Å²) >= 11 is 6.10. The van der Waals surface area contributed by atoms with Crippen LogP contribution >= 0.6 is 11.6 Å². The van der Waals surface area contributed by atoms with Gasteiger partial charge in [0.25, 0.3) is 0 Å². The second kappa shape index (κ2) is 6.24. The summed E-state index contributed by atoms with van der Waals surface area (Å²) in [7, 11) is 0. The molecule has 1 fully saturated rings. The second-order valence-electron chi connectivity index (χ2n) is 4.95. The standard InChI is InChI=1S/C14H18ClN3O2/c1-9(8-10(2)14(19)20)12-13(15)17-11(16-12)4-7-18-5-3-6-18/h8H,1,3-7H2,2H3,(H,16,17)(H,19,20). The summed E-state index contributed by atoms with van der Waals surface area (Å²) in [6.45, 7) is 8.59. The lowest BCUT2D eigenvalue weighted by atomic mass is 10.1. The number of aromatic amines is 1. The third kappa shape index (κ3) is 3.49. The van der Waals surface area contributed by atoms with Gasteiger partial charge in [0.1, 0.15) is 16.7 Å². The Hall–Kier alpha value is -1.59. The Labute approximate surface area is 123 Å². The normalized spacial score (nSPS) is 16.0. The summed E-state index contributed by atoms with van der Waals surface area (Å²) in [5.74, 6) is -0.171. The molecule has 1 aliphatic rings. The minimum absolute atomic E-state index is 0.205. The molecule has 2 heterocycles. The minimum atomic E-state index is -0.976. The summed E-state index contributed by atoms with van der Waals surface area (Å²) < 4.78 is 0. The van der Waals surface area contributed by atoms with Crippen LogP contribution in [0.1, 0.15) is 24.9 Å². The van der Waals surface area contributed by atoms with Gasteiger partial charge in [0.15, 0.2) is 0 Å². The highest BCUT2D eigenvalue weighted by Gasteiger charge is 2.16. The lowest BCUT2D eigenvalue weighted by molar-refractivity contribution is -0.132. The molecule has 108 valence electrons. The number of allylic oxidation sites excluding steroid dienone is 2. The summed E-state index contributed by atoms with van der Waals surface area (Å²) in [6.07, 6.45) is 3.54. The molecular formula is C14H18ClN3O2. The zero-order valence-corrected chi connectivity index (χ0v) is 12.2. The Morgan fingerprint density at radius 3 is 2.85 bits per heavy atom. The number of aliphatic carboxylic acids is 1.